The van der Waals surface area contributed by atoms with E-state index in [1.165, 1.54) is 27.8 Å². The van der Waals surface area contributed by atoms with Crippen molar-refractivity contribution >= 4 is 10.0 Å². The monoisotopic (exact) mass is 405 g/mol. The van der Waals surface area contributed by atoms with Gasteiger partial charge in [-0.3, -0.25) is 0 Å². The molecule has 29 heavy (non-hydrogen) atoms. The molecule has 0 N–H and O–H groups in total. The minimum Gasteiger partial charge on any atom is -0.207 e. The number of nitrogens with zero attached hydrogens (tertiary/aromatic N) is 1. The van der Waals surface area contributed by atoms with Crippen molar-refractivity contribution in [1.82, 2.24) is 4.31 Å². The number of rotatable bonds is 4. The second kappa shape index (κ2) is 8.13. The number of piperidine rings is 1. The molecule has 0 aliphatic carbocycles. The van der Waals surface area contributed by atoms with Gasteiger partial charge in [-0.25, -0.2) is 8.42 Å². The van der Waals surface area contributed by atoms with Gasteiger partial charge in [-0.2, -0.15) is 4.31 Å². The molecule has 0 atom stereocenters. The third kappa shape index (κ3) is 4.00. The maximum Gasteiger partial charge on any atom is 0.243 e. The van der Waals surface area contributed by atoms with Gasteiger partial charge >= 0.3 is 0 Å². The van der Waals surface area contributed by atoms with Gasteiger partial charge in [0.25, 0.3) is 0 Å². The van der Waals surface area contributed by atoms with Crippen molar-refractivity contribution in [2.45, 2.75) is 37.5 Å². The minimum atomic E-state index is -3.39. The van der Waals surface area contributed by atoms with Crippen LogP contribution in [-0.4, -0.2) is 25.8 Å². The summed E-state index contributed by atoms with van der Waals surface area (Å²) in [6, 6.07) is 24.0. The largest absolute Gasteiger partial charge is 0.243 e. The van der Waals surface area contributed by atoms with Crippen LogP contribution in [-0.2, 0) is 10.0 Å². The predicted molar refractivity (Wildman–Crippen MR) is 119 cm³/mol. The number of hydrogen-bond acceptors (Lipinski definition) is 2. The van der Waals surface area contributed by atoms with Crippen molar-refractivity contribution in [3.8, 4) is 11.1 Å². The van der Waals surface area contributed by atoms with E-state index in [-0.39, 0.29) is 0 Å². The van der Waals surface area contributed by atoms with Crippen LogP contribution in [0.1, 0.15) is 35.4 Å². The lowest BCUT2D eigenvalue weighted by Gasteiger charge is -2.31. The first-order valence-corrected chi connectivity index (χ1v) is 11.6. The molecule has 0 radical (unpaired) electrons. The first-order valence-electron chi connectivity index (χ1n) is 10.2. The van der Waals surface area contributed by atoms with Crippen LogP contribution in [0.25, 0.3) is 11.1 Å². The summed E-state index contributed by atoms with van der Waals surface area (Å²) in [4.78, 5) is 0.385. The smallest absolute Gasteiger partial charge is 0.207 e. The third-order valence-corrected chi connectivity index (χ3v) is 8.05. The van der Waals surface area contributed by atoms with Gasteiger partial charge in [-0.05, 0) is 72.6 Å². The molecule has 1 saturated heterocycles. The Morgan fingerprint density at radius 3 is 2.10 bits per heavy atom. The molecule has 0 unspecified atom stereocenters. The zero-order chi connectivity index (χ0) is 20.4. The second-order valence-electron chi connectivity index (χ2n) is 7.86. The van der Waals surface area contributed by atoms with E-state index in [0.717, 1.165) is 12.8 Å². The maximum absolute atomic E-state index is 12.8. The SMILES string of the molecule is Cc1cccc(-c2ccc(C3CCN(S(=O)(=O)c4ccccc4)CC3)cc2)c1C. The van der Waals surface area contributed by atoms with E-state index < -0.39 is 10.0 Å². The number of benzene rings is 3. The molecule has 1 heterocycles. The van der Waals surface area contributed by atoms with Gasteiger partial charge in [0.05, 0.1) is 4.90 Å². The van der Waals surface area contributed by atoms with E-state index in [0.29, 0.717) is 23.9 Å². The zero-order valence-electron chi connectivity index (χ0n) is 17.0. The van der Waals surface area contributed by atoms with Crippen molar-refractivity contribution in [2.75, 3.05) is 13.1 Å². The lowest BCUT2D eigenvalue weighted by Crippen LogP contribution is -2.37. The fourth-order valence-electron chi connectivity index (χ4n) is 4.17. The van der Waals surface area contributed by atoms with Crippen LogP contribution in [0.2, 0.25) is 0 Å². The molecule has 0 saturated carbocycles. The van der Waals surface area contributed by atoms with Gasteiger partial charge in [-0.1, -0.05) is 60.7 Å². The Bertz CT molecular complexity index is 1080. The van der Waals surface area contributed by atoms with Crippen molar-refractivity contribution < 1.29 is 8.42 Å². The molecule has 3 aromatic rings. The molecule has 1 aliphatic rings. The van der Waals surface area contributed by atoms with Crippen molar-refractivity contribution in [2.24, 2.45) is 0 Å². The highest BCUT2D eigenvalue weighted by molar-refractivity contribution is 7.89. The summed E-state index contributed by atoms with van der Waals surface area (Å²) in [6.45, 7) is 5.45. The number of hydrogen-bond donors (Lipinski definition) is 0. The quantitative estimate of drug-likeness (QED) is 0.572. The summed E-state index contributed by atoms with van der Waals surface area (Å²) < 4.78 is 27.3. The van der Waals surface area contributed by atoms with Gasteiger partial charge in [0.2, 0.25) is 10.0 Å². The molecule has 1 fully saturated rings. The summed E-state index contributed by atoms with van der Waals surface area (Å²) in [6.07, 6.45) is 1.71. The normalized spacial score (nSPS) is 16.1. The molecule has 150 valence electrons. The van der Waals surface area contributed by atoms with Gasteiger partial charge in [0.1, 0.15) is 0 Å². The Hall–Kier alpha value is -2.43. The Labute approximate surface area is 174 Å². The summed E-state index contributed by atoms with van der Waals surface area (Å²) >= 11 is 0. The average molecular weight is 406 g/mol. The highest BCUT2D eigenvalue weighted by atomic mass is 32.2. The molecular weight excluding hydrogens is 378 g/mol. The molecule has 3 aromatic carbocycles. The van der Waals surface area contributed by atoms with Crippen LogP contribution in [0.15, 0.2) is 77.7 Å². The van der Waals surface area contributed by atoms with E-state index in [2.05, 4.69) is 56.3 Å². The van der Waals surface area contributed by atoms with E-state index >= 15 is 0 Å². The predicted octanol–water partition coefficient (Wildman–Crippen LogP) is 5.54. The number of aryl methyl sites for hydroxylation is 1. The molecule has 0 spiro atoms. The maximum atomic E-state index is 12.8. The summed E-state index contributed by atoms with van der Waals surface area (Å²) in [5.74, 6) is 0.407. The van der Waals surface area contributed by atoms with Crippen molar-refractivity contribution in [1.29, 1.82) is 0 Å². The number of sulfonamides is 1. The Morgan fingerprint density at radius 1 is 0.793 bits per heavy atom. The van der Waals surface area contributed by atoms with Crippen molar-refractivity contribution in [3.05, 3.63) is 89.5 Å². The van der Waals surface area contributed by atoms with Crippen LogP contribution in [0.4, 0.5) is 0 Å². The standard InChI is InChI=1S/C25H27NO2S/c1-19-7-6-10-25(20(19)2)23-13-11-21(12-14-23)22-15-17-26(18-16-22)29(27,28)24-8-4-3-5-9-24/h3-14,22H,15-18H2,1-2H3. The van der Waals surface area contributed by atoms with Crippen molar-refractivity contribution in [3.63, 3.8) is 0 Å². The van der Waals surface area contributed by atoms with Crippen LogP contribution < -0.4 is 0 Å². The summed E-state index contributed by atoms with van der Waals surface area (Å²) in [7, 11) is -3.39. The highest BCUT2D eigenvalue weighted by Gasteiger charge is 2.29. The first kappa shape index (κ1) is 19.9. The van der Waals surface area contributed by atoms with E-state index in [1.807, 2.05) is 6.07 Å². The van der Waals surface area contributed by atoms with Gasteiger partial charge in [0, 0.05) is 13.1 Å². The molecule has 0 bridgehead atoms. The summed E-state index contributed by atoms with van der Waals surface area (Å²) in [5, 5.41) is 0. The fraction of sp³-hybridized carbons (Fsp3) is 0.280. The third-order valence-electron chi connectivity index (χ3n) is 6.13. The second-order valence-corrected chi connectivity index (χ2v) is 9.80. The topological polar surface area (TPSA) is 37.4 Å². The summed E-state index contributed by atoms with van der Waals surface area (Å²) in [5.41, 5.74) is 6.44. The van der Waals surface area contributed by atoms with Crippen LogP contribution in [0.5, 0.6) is 0 Å². The Morgan fingerprint density at radius 2 is 1.45 bits per heavy atom. The van der Waals surface area contributed by atoms with Crippen LogP contribution >= 0.6 is 0 Å². The van der Waals surface area contributed by atoms with Crippen LogP contribution in [0.3, 0.4) is 0 Å². The molecular formula is C25H27NO2S. The lowest BCUT2D eigenvalue weighted by molar-refractivity contribution is 0.319. The van der Waals surface area contributed by atoms with Gasteiger partial charge < -0.3 is 0 Å². The Balaban J connectivity index is 1.46. The van der Waals surface area contributed by atoms with Gasteiger partial charge in [0.15, 0.2) is 0 Å². The van der Waals surface area contributed by atoms with Crippen LogP contribution in [0, 0.1) is 13.8 Å². The molecule has 0 aromatic heterocycles. The molecule has 0 amide bonds. The molecule has 4 heteroatoms. The lowest BCUT2D eigenvalue weighted by atomic mass is 9.88. The Kier molecular flexibility index (Phi) is 5.57. The van der Waals surface area contributed by atoms with E-state index in [9.17, 15) is 8.42 Å². The average Bonchev–Trinajstić information content (AvgIpc) is 2.76. The van der Waals surface area contributed by atoms with E-state index in [4.69, 9.17) is 0 Å². The van der Waals surface area contributed by atoms with E-state index in [1.54, 1.807) is 28.6 Å². The first-order chi connectivity index (χ1) is 14.0. The van der Waals surface area contributed by atoms with Gasteiger partial charge in [-0.15, -0.1) is 0 Å². The highest BCUT2D eigenvalue weighted by Crippen LogP contribution is 2.33. The zero-order valence-corrected chi connectivity index (χ0v) is 17.8. The fourth-order valence-corrected chi connectivity index (χ4v) is 5.66. The molecule has 3 nitrogen and oxygen atoms in total. The minimum absolute atomic E-state index is 0.385. The molecule has 4 rings (SSSR count). The molecule has 1 aliphatic heterocycles.